The van der Waals surface area contributed by atoms with E-state index in [-0.39, 0.29) is 0 Å². The zero-order valence-corrected chi connectivity index (χ0v) is 10.4. The van der Waals surface area contributed by atoms with Crippen LogP contribution in [0.2, 0.25) is 0 Å². The molecule has 0 bridgehead atoms. The molecule has 2 rings (SSSR count). The number of hydrogen-bond acceptors (Lipinski definition) is 3. The Hall–Kier alpha value is -1.06. The van der Waals surface area contributed by atoms with Crippen LogP contribution < -0.4 is 10.1 Å². The van der Waals surface area contributed by atoms with E-state index in [1.54, 1.807) is 7.11 Å². The van der Waals surface area contributed by atoms with Gasteiger partial charge < -0.3 is 14.8 Å². The summed E-state index contributed by atoms with van der Waals surface area (Å²) in [6, 6.07) is 8.34. The average Bonchev–Trinajstić information content (AvgIpc) is 2.39. The van der Waals surface area contributed by atoms with E-state index in [2.05, 4.69) is 29.6 Å². The molecule has 1 heterocycles. The van der Waals surface area contributed by atoms with E-state index in [0.29, 0.717) is 6.10 Å². The lowest BCUT2D eigenvalue weighted by molar-refractivity contribution is 0.167. The third-order valence-corrected chi connectivity index (χ3v) is 3.07. The normalized spacial score (nSPS) is 20.2. The van der Waals surface area contributed by atoms with E-state index < -0.39 is 0 Å². The topological polar surface area (TPSA) is 30.5 Å². The van der Waals surface area contributed by atoms with Gasteiger partial charge in [-0.05, 0) is 43.5 Å². The summed E-state index contributed by atoms with van der Waals surface area (Å²) in [4.78, 5) is 0. The fraction of sp³-hybridized carbons (Fsp3) is 0.571. The van der Waals surface area contributed by atoms with Crippen LogP contribution in [-0.2, 0) is 11.2 Å². The molecule has 1 aliphatic heterocycles. The summed E-state index contributed by atoms with van der Waals surface area (Å²) in [5.41, 5.74) is 1.29. The zero-order chi connectivity index (χ0) is 11.9. The van der Waals surface area contributed by atoms with Crippen LogP contribution in [0.5, 0.6) is 5.75 Å². The van der Waals surface area contributed by atoms with Gasteiger partial charge in [-0.25, -0.2) is 0 Å². The first kappa shape index (κ1) is 12.4. The minimum absolute atomic E-state index is 0.327. The van der Waals surface area contributed by atoms with Gasteiger partial charge in [0.2, 0.25) is 0 Å². The maximum Gasteiger partial charge on any atom is 0.119 e. The van der Waals surface area contributed by atoms with Crippen molar-refractivity contribution in [3.05, 3.63) is 29.8 Å². The Balaban J connectivity index is 1.84. The van der Waals surface area contributed by atoms with Gasteiger partial charge >= 0.3 is 0 Å². The standard InChI is InChI=1S/C14H21NO2/c1-16-10-8-12-4-6-13(7-5-12)17-14-3-2-9-15-11-14/h4-7,14-15H,2-3,8-11H2,1H3/t14-/m0/s1. The summed E-state index contributed by atoms with van der Waals surface area (Å²) in [6.07, 6.45) is 3.64. The molecule has 1 aromatic rings. The SMILES string of the molecule is COCCc1ccc(O[C@H]2CCCNC2)cc1. The van der Waals surface area contributed by atoms with E-state index in [9.17, 15) is 0 Å². The third kappa shape index (κ3) is 4.02. The lowest BCUT2D eigenvalue weighted by Gasteiger charge is -2.24. The van der Waals surface area contributed by atoms with Gasteiger partial charge in [0.15, 0.2) is 0 Å². The van der Waals surface area contributed by atoms with Gasteiger partial charge in [-0.2, -0.15) is 0 Å². The molecule has 0 spiro atoms. The Bertz CT molecular complexity index is 317. The third-order valence-electron chi connectivity index (χ3n) is 3.07. The molecular weight excluding hydrogens is 214 g/mol. The predicted molar refractivity (Wildman–Crippen MR) is 68.5 cm³/mol. The number of benzene rings is 1. The summed E-state index contributed by atoms with van der Waals surface area (Å²) >= 11 is 0. The number of piperidine rings is 1. The Morgan fingerprint density at radius 3 is 2.76 bits per heavy atom. The van der Waals surface area contributed by atoms with Crippen LogP contribution in [0, 0.1) is 0 Å². The molecule has 1 aromatic carbocycles. The predicted octanol–water partition coefficient (Wildman–Crippen LogP) is 2.01. The first-order valence-corrected chi connectivity index (χ1v) is 6.34. The van der Waals surface area contributed by atoms with E-state index >= 15 is 0 Å². The van der Waals surface area contributed by atoms with E-state index in [1.165, 1.54) is 12.0 Å². The summed E-state index contributed by atoms with van der Waals surface area (Å²) in [7, 11) is 1.73. The second-order valence-corrected chi connectivity index (χ2v) is 4.47. The Labute approximate surface area is 103 Å². The van der Waals surface area contributed by atoms with Gasteiger partial charge in [0.1, 0.15) is 11.9 Å². The van der Waals surface area contributed by atoms with Crippen molar-refractivity contribution in [2.24, 2.45) is 0 Å². The van der Waals surface area contributed by atoms with Crippen LogP contribution in [0.1, 0.15) is 18.4 Å². The number of ether oxygens (including phenoxy) is 2. The molecule has 1 fully saturated rings. The van der Waals surface area contributed by atoms with Gasteiger partial charge in [-0.3, -0.25) is 0 Å². The van der Waals surface area contributed by atoms with E-state index in [0.717, 1.165) is 38.3 Å². The minimum Gasteiger partial charge on any atom is -0.489 e. The fourth-order valence-corrected chi connectivity index (χ4v) is 2.07. The van der Waals surface area contributed by atoms with Crippen LogP contribution in [0.15, 0.2) is 24.3 Å². The minimum atomic E-state index is 0.327. The highest BCUT2D eigenvalue weighted by Crippen LogP contribution is 2.16. The largest absolute Gasteiger partial charge is 0.489 e. The molecule has 94 valence electrons. The highest BCUT2D eigenvalue weighted by molar-refractivity contribution is 5.27. The van der Waals surface area contributed by atoms with E-state index in [4.69, 9.17) is 9.47 Å². The number of rotatable bonds is 5. The highest BCUT2D eigenvalue weighted by atomic mass is 16.5. The van der Waals surface area contributed by atoms with Crippen molar-refractivity contribution in [1.82, 2.24) is 5.32 Å². The monoisotopic (exact) mass is 235 g/mol. The van der Waals surface area contributed by atoms with Gasteiger partial charge in [0.25, 0.3) is 0 Å². The lowest BCUT2D eigenvalue weighted by Crippen LogP contribution is -2.37. The number of nitrogens with one attached hydrogen (secondary N) is 1. The molecule has 17 heavy (non-hydrogen) atoms. The van der Waals surface area contributed by atoms with Gasteiger partial charge in [-0.15, -0.1) is 0 Å². The second-order valence-electron chi connectivity index (χ2n) is 4.47. The molecule has 0 amide bonds. The molecule has 1 atom stereocenters. The smallest absolute Gasteiger partial charge is 0.119 e. The molecule has 0 aliphatic carbocycles. The molecule has 3 nitrogen and oxygen atoms in total. The molecule has 1 aliphatic rings. The number of hydrogen-bond donors (Lipinski definition) is 1. The zero-order valence-electron chi connectivity index (χ0n) is 10.4. The van der Waals surface area contributed by atoms with E-state index in [1.807, 2.05) is 0 Å². The van der Waals surface area contributed by atoms with Crippen molar-refractivity contribution in [3.63, 3.8) is 0 Å². The maximum atomic E-state index is 5.92. The summed E-state index contributed by atoms with van der Waals surface area (Å²) in [6.45, 7) is 2.86. The Morgan fingerprint density at radius 1 is 1.29 bits per heavy atom. The molecule has 0 aromatic heterocycles. The molecule has 0 saturated carbocycles. The summed E-state index contributed by atoms with van der Waals surface area (Å²) in [5, 5.41) is 3.35. The van der Waals surface area contributed by atoms with Crippen molar-refractivity contribution < 1.29 is 9.47 Å². The lowest BCUT2D eigenvalue weighted by atomic mass is 10.1. The molecule has 1 saturated heterocycles. The van der Waals surface area contributed by atoms with Gasteiger partial charge in [0.05, 0.1) is 6.61 Å². The Morgan fingerprint density at radius 2 is 2.12 bits per heavy atom. The average molecular weight is 235 g/mol. The summed E-state index contributed by atoms with van der Waals surface area (Å²) in [5.74, 6) is 0.972. The van der Waals surface area contributed by atoms with Gasteiger partial charge in [-0.1, -0.05) is 12.1 Å². The molecule has 0 unspecified atom stereocenters. The van der Waals surface area contributed by atoms with Crippen LogP contribution >= 0.6 is 0 Å². The Kier molecular flexibility index (Phi) is 4.83. The van der Waals surface area contributed by atoms with Crippen molar-refractivity contribution in [2.45, 2.75) is 25.4 Å². The van der Waals surface area contributed by atoms with Crippen molar-refractivity contribution >= 4 is 0 Å². The van der Waals surface area contributed by atoms with Crippen LogP contribution in [0.25, 0.3) is 0 Å². The quantitative estimate of drug-likeness (QED) is 0.847. The number of methoxy groups -OCH3 is 1. The van der Waals surface area contributed by atoms with Crippen LogP contribution in [0.3, 0.4) is 0 Å². The summed E-state index contributed by atoms with van der Waals surface area (Å²) < 4.78 is 11.0. The fourth-order valence-electron chi connectivity index (χ4n) is 2.07. The first-order chi connectivity index (χ1) is 8.38. The second kappa shape index (κ2) is 6.62. The highest BCUT2D eigenvalue weighted by Gasteiger charge is 2.13. The van der Waals surface area contributed by atoms with Crippen molar-refractivity contribution in [3.8, 4) is 5.75 Å². The maximum absolute atomic E-state index is 5.92. The molecule has 1 N–H and O–H groups in total. The first-order valence-electron chi connectivity index (χ1n) is 6.34. The molecule has 3 heteroatoms. The molecule has 0 radical (unpaired) electrons. The molecular formula is C14H21NO2. The van der Waals surface area contributed by atoms with Crippen LogP contribution in [-0.4, -0.2) is 32.9 Å². The van der Waals surface area contributed by atoms with Crippen LogP contribution in [0.4, 0.5) is 0 Å². The van der Waals surface area contributed by atoms with Gasteiger partial charge in [0, 0.05) is 13.7 Å². The van der Waals surface area contributed by atoms with Crippen molar-refractivity contribution in [1.29, 1.82) is 0 Å². The van der Waals surface area contributed by atoms with Crippen molar-refractivity contribution in [2.75, 3.05) is 26.8 Å².